The maximum atomic E-state index is 13.7. The van der Waals surface area contributed by atoms with E-state index in [0.29, 0.717) is 23.3 Å². The number of rotatable bonds is 3. The predicted octanol–water partition coefficient (Wildman–Crippen LogP) is 5.01. The molecule has 2 atom stereocenters. The zero-order valence-corrected chi connectivity index (χ0v) is 16.5. The molecular weight excluding hydrogens is 376 g/mol. The first-order valence-corrected chi connectivity index (χ1v) is 10.1. The van der Waals surface area contributed by atoms with E-state index in [1.54, 1.807) is 6.07 Å². The molecule has 30 heavy (non-hydrogen) atoms. The SMILES string of the molecule is CC[C@]1(c2ccccc2)C(=O)OC(c2ccccc2)=C2C(=O)Oc3ccccc3[C@H]21. The lowest BCUT2D eigenvalue weighted by Gasteiger charge is -2.45. The van der Waals surface area contributed by atoms with Crippen molar-refractivity contribution in [2.24, 2.45) is 0 Å². The number of carbonyl (C=O) groups excluding carboxylic acids is 2. The van der Waals surface area contributed by atoms with Gasteiger partial charge in [0.05, 0.1) is 5.57 Å². The van der Waals surface area contributed by atoms with Crippen molar-refractivity contribution in [3.8, 4) is 5.75 Å². The van der Waals surface area contributed by atoms with E-state index in [0.717, 1.165) is 11.1 Å². The first-order chi connectivity index (χ1) is 14.7. The summed E-state index contributed by atoms with van der Waals surface area (Å²) in [5, 5.41) is 0. The van der Waals surface area contributed by atoms with Gasteiger partial charge in [-0.3, -0.25) is 4.79 Å². The van der Waals surface area contributed by atoms with Gasteiger partial charge in [0.1, 0.15) is 16.9 Å². The topological polar surface area (TPSA) is 52.6 Å². The lowest BCUT2D eigenvalue weighted by molar-refractivity contribution is -0.147. The average molecular weight is 396 g/mol. The van der Waals surface area contributed by atoms with Crippen molar-refractivity contribution in [2.75, 3.05) is 0 Å². The Hall–Kier alpha value is -3.66. The van der Waals surface area contributed by atoms with Crippen LogP contribution in [0.5, 0.6) is 5.75 Å². The summed E-state index contributed by atoms with van der Waals surface area (Å²) in [6.07, 6.45) is 0.480. The standard InChI is InChI=1S/C26H20O4/c1-2-26(18-13-7-4-8-14-18)22-19-15-9-10-16-20(19)29-24(27)21(22)23(30-25(26)28)17-11-5-3-6-12-17/h3-16,22H,2H2,1H3/t22-,26-/m1/s1. The number of benzene rings is 3. The van der Waals surface area contributed by atoms with Gasteiger partial charge in [0.15, 0.2) is 0 Å². The van der Waals surface area contributed by atoms with E-state index >= 15 is 0 Å². The van der Waals surface area contributed by atoms with Crippen LogP contribution >= 0.6 is 0 Å². The molecule has 0 N–H and O–H groups in total. The fourth-order valence-electron chi connectivity index (χ4n) is 4.71. The van der Waals surface area contributed by atoms with E-state index in [1.165, 1.54) is 0 Å². The molecule has 0 saturated heterocycles. The second-order valence-corrected chi connectivity index (χ2v) is 7.55. The third kappa shape index (κ3) is 2.53. The highest BCUT2D eigenvalue weighted by molar-refractivity contribution is 6.07. The van der Waals surface area contributed by atoms with Gasteiger partial charge < -0.3 is 9.47 Å². The van der Waals surface area contributed by atoms with Crippen molar-refractivity contribution in [1.29, 1.82) is 0 Å². The summed E-state index contributed by atoms with van der Waals surface area (Å²) in [5.41, 5.74) is 1.70. The van der Waals surface area contributed by atoms with E-state index in [4.69, 9.17) is 9.47 Å². The second kappa shape index (κ2) is 6.99. The van der Waals surface area contributed by atoms with E-state index in [9.17, 15) is 9.59 Å². The number of cyclic esters (lactones) is 1. The quantitative estimate of drug-likeness (QED) is 0.462. The molecule has 4 heteroatoms. The lowest BCUT2D eigenvalue weighted by Crippen LogP contribution is -2.49. The molecule has 0 fully saturated rings. The molecule has 4 nitrogen and oxygen atoms in total. The predicted molar refractivity (Wildman–Crippen MR) is 113 cm³/mol. The minimum Gasteiger partial charge on any atom is -0.425 e. The number of fused-ring (bicyclic) bond motifs is 3. The molecule has 0 amide bonds. The molecule has 2 aliphatic heterocycles. The number of hydrogen-bond acceptors (Lipinski definition) is 4. The van der Waals surface area contributed by atoms with Gasteiger partial charge in [0.2, 0.25) is 0 Å². The van der Waals surface area contributed by atoms with Crippen LogP contribution in [-0.4, -0.2) is 11.9 Å². The van der Waals surface area contributed by atoms with Crippen LogP contribution < -0.4 is 4.74 Å². The van der Waals surface area contributed by atoms with Gasteiger partial charge in [-0.2, -0.15) is 0 Å². The van der Waals surface area contributed by atoms with Gasteiger partial charge in [-0.15, -0.1) is 0 Å². The average Bonchev–Trinajstić information content (AvgIpc) is 2.80. The summed E-state index contributed by atoms with van der Waals surface area (Å²) >= 11 is 0. The first kappa shape index (κ1) is 18.4. The molecule has 0 bridgehead atoms. The van der Waals surface area contributed by atoms with Crippen LogP contribution in [0, 0.1) is 0 Å². The van der Waals surface area contributed by atoms with Crippen LogP contribution in [0.25, 0.3) is 5.76 Å². The van der Waals surface area contributed by atoms with Crippen LogP contribution in [0.15, 0.2) is 90.5 Å². The number of ether oxygens (including phenoxy) is 2. The Morgan fingerprint density at radius 3 is 2.13 bits per heavy atom. The molecule has 2 aliphatic rings. The van der Waals surface area contributed by atoms with Crippen LogP contribution in [0.3, 0.4) is 0 Å². The zero-order valence-electron chi connectivity index (χ0n) is 16.5. The molecule has 0 aromatic heterocycles. The van der Waals surface area contributed by atoms with E-state index < -0.39 is 17.3 Å². The molecule has 0 spiro atoms. The monoisotopic (exact) mass is 396 g/mol. The highest BCUT2D eigenvalue weighted by atomic mass is 16.6. The zero-order chi connectivity index (χ0) is 20.7. The lowest BCUT2D eigenvalue weighted by atomic mass is 9.61. The van der Waals surface area contributed by atoms with Crippen LogP contribution in [-0.2, 0) is 19.7 Å². The Balaban J connectivity index is 1.86. The summed E-state index contributed by atoms with van der Waals surface area (Å²) in [6.45, 7) is 1.96. The maximum Gasteiger partial charge on any atom is 0.343 e. The second-order valence-electron chi connectivity index (χ2n) is 7.55. The smallest absolute Gasteiger partial charge is 0.343 e. The molecule has 3 aromatic carbocycles. The minimum atomic E-state index is -1.02. The Kier molecular flexibility index (Phi) is 4.28. The van der Waals surface area contributed by atoms with Crippen molar-refractivity contribution >= 4 is 17.7 Å². The molecule has 0 unspecified atom stereocenters. The minimum absolute atomic E-state index is 0.283. The van der Waals surface area contributed by atoms with Crippen molar-refractivity contribution in [2.45, 2.75) is 24.7 Å². The van der Waals surface area contributed by atoms with Gasteiger partial charge in [-0.05, 0) is 18.1 Å². The van der Waals surface area contributed by atoms with Crippen molar-refractivity contribution in [3.05, 3.63) is 107 Å². The molecule has 5 rings (SSSR count). The molecule has 3 aromatic rings. The normalized spacial score (nSPS) is 22.6. The third-order valence-corrected chi connectivity index (χ3v) is 6.12. The number of hydrogen-bond donors (Lipinski definition) is 0. The highest BCUT2D eigenvalue weighted by Crippen LogP contribution is 2.56. The maximum absolute atomic E-state index is 13.7. The van der Waals surface area contributed by atoms with Gasteiger partial charge in [-0.25, -0.2) is 4.79 Å². The number of para-hydroxylation sites is 1. The summed E-state index contributed by atoms with van der Waals surface area (Å²) in [6, 6.07) is 26.3. The molecule has 0 aliphatic carbocycles. The molecular formula is C26H20O4. The molecule has 0 saturated carbocycles. The molecule has 148 valence electrons. The summed E-state index contributed by atoms with van der Waals surface area (Å²) < 4.78 is 11.6. The van der Waals surface area contributed by atoms with Gasteiger partial charge in [0.25, 0.3) is 0 Å². The van der Waals surface area contributed by atoms with E-state index in [-0.39, 0.29) is 11.7 Å². The van der Waals surface area contributed by atoms with Crippen molar-refractivity contribution in [3.63, 3.8) is 0 Å². The Bertz CT molecular complexity index is 1160. The van der Waals surface area contributed by atoms with Gasteiger partial charge >= 0.3 is 11.9 Å². The van der Waals surface area contributed by atoms with Crippen LogP contribution in [0.1, 0.15) is 36.0 Å². The largest absolute Gasteiger partial charge is 0.425 e. The van der Waals surface area contributed by atoms with Crippen molar-refractivity contribution in [1.82, 2.24) is 0 Å². The highest BCUT2D eigenvalue weighted by Gasteiger charge is 2.57. The summed E-state index contributed by atoms with van der Waals surface area (Å²) in [4.78, 5) is 26.9. The number of carbonyl (C=O) groups is 2. The fraction of sp³-hybridized carbons (Fsp3) is 0.154. The van der Waals surface area contributed by atoms with Crippen molar-refractivity contribution < 1.29 is 19.1 Å². The van der Waals surface area contributed by atoms with E-state index in [2.05, 4.69) is 0 Å². The Morgan fingerprint density at radius 2 is 1.43 bits per heavy atom. The first-order valence-electron chi connectivity index (χ1n) is 10.1. The Labute approximate surface area is 174 Å². The molecule has 0 radical (unpaired) electrons. The van der Waals surface area contributed by atoms with Crippen LogP contribution in [0.4, 0.5) is 0 Å². The summed E-state index contributed by atoms with van der Waals surface area (Å²) in [5.74, 6) is -0.553. The Morgan fingerprint density at radius 1 is 0.800 bits per heavy atom. The van der Waals surface area contributed by atoms with Gasteiger partial charge in [-0.1, -0.05) is 85.8 Å². The third-order valence-electron chi connectivity index (χ3n) is 6.12. The van der Waals surface area contributed by atoms with Crippen LogP contribution in [0.2, 0.25) is 0 Å². The molecule has 2 heterocycles. The summed E-state index contributed by atoms with van der Waals surface area (Å²) in [7, 11) is 0. The fourth-order valence-corrected chi connectivity index (χ4v) is 4.71. The van der Waals surface area contributed by atoms with Gasteiger partial charge in [0, 0.05) is 17.0 Å². The van der Waals surface area contributed by atoms with E-state index in [1.807, 2.05) is 85.8 Å². The number of esters is 2.